The van der Waals surface area contributed by atoms with Crippen LogP contribution in [0.2, 0.25) is 0 Å². The molecular weight excluding hydrogens is 300 g/mol. The van der Waals surface area contributed by atoms with Crippen LogP contribution in [0, 0.1) is 0 Å². The van der Waals surface area contributed by atoms with Crippen LogP contribution in [0.5, 0.6) is 0 Å². The fourth-order valence-corrected chi connectivity index (χ4v) is 2.37. The van der Waals surface area contributed by atoms with Gasteiger partial charge in [-0.2, -0.15) is 0 Å². The van der Waals surface area contributed by atoms with Crippen molar-refractivity contribution in [2.45, 2.75) is 0 Å². The van der Waals surface area contributed by atoms with Crippen LogP contribution in [0.4, 0.5) is 5.69 Å². The van der Waals surface area contributed by atoms with E-state index in [1.165, 1.54) is 0 Å². The number of allylic oxidation sites excluding steroid dienone is 2. The molecular formula is C20H18N2O2. The van der Waals surface area contributed by atoms with Crippen LogP contribution < -0.4 is 4.90 Å². The van der Waals surface area contributed by atoms with Gasteiger partial charge in [0.1, 0.15) is 5.71 Å². The molecule has 1 heterocycles. The second-order valence-corrected chi connectivity index (χ2v) is 5.61. The van der Waals surface area contributed by atoms with E-state index >= 15 is 0 Å². The predicted octanol–water partition coefficient (Wildman–Crippen LogP) is 3.65. The highest BCUT2D eigenvalue weighted by molar-refractivity contribution is 6.29. The second-order valence-electron chi connectivity index (χ2n) is 5.61. The molecule has 24 heavy (non-hydrogen) atoms. The molecule has 120 valence electrons. The van der Waals surface area contributed by atoms with Gasteiger partial charge in [0.05, 0.1) is 5.57 Å². The highest BCUT2D eigenvalue weighted by Crippen LogP contribution is 2.18. The summed E-state index contributed by atoms with van der Waals surface area (Å²) in [5.41, 5.74) is 4.08. The minimum atomic E-state index is -0.429. The third kappa shape index (κ3) is 3.43. The summed E-state index contributed by atoms with van der Waals surface area (Å²) < 4.78 is 0. The van der Waals surface area contributed by atoms with Crippen LogP contribution in [0.25, 0.3) is 6.08 Å². The van der Waals surface area contributed by atoms with Crippen LogP contribution in [0.3, 0.4) is 0 Å². The van der Waals surface area contributed by atoms with E-state index in [0.29, 0.717) is 11.3 Å². The third-order valence-electron chi connectivity index (χ3n) is 3.70. The Morgan fingerprint density at radius 3 is 2.38 bits per heavy atom. The number of rotatable bonds is 4. The van der Waals surface area contributed by atoms with Crippen molar-refractivity contribution in [3.8, 4) is 0 Å². The summed E-state index contributed by atoms with van der Waals surface area (Å²) in [6.45, 7) is 0. The highest BCUT2D eigenvalue weighted by Gasteiger charge is 2.25. The van der Waals surface area contributed by atoms with Gasteiger partial charge in [0.25, 0.3) is 0 Å². The van der Waals surface area contributed by atoms with Crippen LogP contribution in [0.1, 0.15) is 11.1 Å². The maximum absolute atomic E-state index is 11.9. The fraction of sp³-hybridized carbons (Fsp3) is 0.100. The maximum Gasteiger partial charge on any atom is 0.368 e. The minimum Gasteiger partial charge on any atom is -0.378 e. The number of anilines is 1. The lowest BCUT2D eigenvalue weighted by Crippen LogP contribution is -2.07. The first kappa shape index (κ1) is 15.7. The van der Waals surface area contributed by atoms with Gasteiger partial charge in [-0.15, -0.1) is 0 Å². The number of nitrogens with zero attached hydrogens (tertiary/aromatic N) is 2. The standard InChI is InChI=1S/C20H18N2O2/c1-22(2)17-13-11-15(12-14-17)7-6-10-18-19(21-24-20(18)23)16-8-4-3-5-9-16/h3-14H,1-2H3. The molecule has 0 fully saturated rings. The molecule has 0 amide bonds. The molecule has 1 aliphatic rings. The Hall–Kier alpha value is -3.14. The molecule has 0 saturated heterocycles. The van der Waals surface area contributed by atoms with Crippen LogP contribution in [-0.2, 0) is 9.63 Å². The van der Waals surface area contributed by atoms with Gasteiger partial charge in [-0.3, -0.25) is 0 Å². The van der Waals surface area contributed by atoms with E-state index in [2.05, 4.69) is 5.16 Å². The summed E-state index contributed by atoms with van der Waals surface area (Å²) >= 11 is 0. The Balaban J connectivity index is 1.79. The van der Waals surface area contributed by atoms with Crippen LogP contribution in [-0.4, -0.2) is 25.8 Å². The lowest BCUT2D eigenvalue weighted by atomic mass is 10.0. The van der Waals surface area contributed by atoms with Gasteiger partial charge in [-0.05, 0) is 23.8 Å². The number of hydrogen-bond acceptors (Lipinski definition) is 4. The summed E-state index contributed by atoms with van der Waals surface area (Å²) in [5.74, 6) is -0.429. The molecule has 3 rings (SSSR count). The number of carbonyl (C=O) groups excluding carboxylic acids is 1. The Labute approximate surface area is 141 Å². The molecule has 0 aliphatic carbocycles. The lowest BCUT2D eigenvalue weighted by molar-refractivity contribution is -0.136. The number of carbonyl (C=O) groups is 1. The SMILES string of the molecule is CN(C)c1ccc(C=CC=C2C(=O)ON=C2c2ccccc2)cc1. The maximum atomic E-state index is 11.9. The number of benzene rings is 2. The molecule has 1 aliphatic heterocycles. The largest absolute Gasteiger partial charge is 0.378 e. The van der Waals surface area contributed by atoms with E-state index in [0.717, 1.165) is 16.8 Å². The first-order valence-corrected chi connectivity index (χ1v) is 7.66. The lowest BCUT2D eigenvalue weighted by Gasteiger charge is -2.11. The minimum absolute atomic E-state index is 0.429. The quantitative estimate of drug-likeness (QED) is 0.638. The molecule has 2 aromatic rings. The third-order valence-corrected chi connectivity index (χ3v) is 3.70. The summed E-state index contributed by atoms with van der Waals surface area (Å²) in [5, 5.41) is 3.88. The summed E-state index contributed by atoms with van der Waals surface area (Å²) in [7, 11) is 4.01. The van der Waals surface area contributed by atoms with Crippen molar-refractivity contribution >= 4 is 23.4 Å². The Kier molecular flexibility index (Phi) is 4.57. The molecule has 0 saturated carbocycles. The van der Waals surface area contributed by atoms with E-state index < -0.39 is 5.97 Å². The zero-order chi connectivity index (χ0) is 16.9. The fourth-order valence-electron chi connectivity index (χ4n) is 2.37. The first-order chi connectivity index (χ1) is 11.6. The smallest absolute Gasteiger partial charge is 0.368 e. The second kappa shape index (κ2) is 6.96. The van der Waals surface area contributed by atoms with Crippen LogP contribution in [0.15, 0.2) is 77.5 Å². The monoisotopic (exact) mass is 318 g/mol. The zero-order valence-electron chi connectivity index (χ0n) is 13.6. The van der Waals surface area contributed by atoms with E-state index in [-0.39, 0.29) is 0 Å². The van der Waals surface area contributed by atoms with Gasteiger partial charge in [0.2, 0.25) is 0 Å². The first-order valence-electron chi connectivity index (χ1n) is 7.66. The van der Waals surface area contributed by atoms with Crippen molar-refractivity contribution in [1.82, 2.24) is 0 Å². The van der Waals surface area contributed by atoms with Crippen molar-refractivity contribution in [2.75, 3.05) is 19.0 Å². The molecule has 0 unspecified atom stereocenters. The molecule has 2 aromatic carbocycles. The molecule has 0 bridgehead atoms. The van der Waals surface area contributed by atoms with E-state index in [1.807, 2.05) is 85.7 Å². The zero-order valence-corrected chi connectivity index (χ0v) is 13.6. The van der Waals surface area contributed by atoms with Gasteiger partial charge in [0.15, 0.2) is 0 Å². The Morgan fingerprint density at radius 2 is 1.71 bits per heavy atom. The molecule has 0 spiro atoms. The molecule has 0 atom stereocenters. The van der Waals surface area contributed by atoms with Crippen molar-refractivity contribution in [3.63, 3.8) is 0 Å². The Morgan fingerprint density at radius 1 is 1.00 bits per heavy atom. The average Bonchev–Trinajstić information content (AvgIpc) is 2.97. The summed E-state index contributed by atoms with van der Waals surface area (Å²) in [6.07, 6.45) is 5.52. The van der Waals surface area contributed by atoms with Gasteiger partial charge >= 0.3 is 5.97 Å². The molecule has 4 heteroatoms. The van der Waals surface area contributed by atoms with Crippen LogP contribution >= 0.6 is 0 Å². The highest BCUT2D eigenvalue weighted by atomic mass is 16.7. The number of hydrogen-bond donors (Lipinski definition) is 0. The predicted molar refractivity (Wildman–Crippen MR) is 97.0 cm³/mol. The molecule has 0 aromatic heterocycles. The van der Waals surface area contributed by atoms with E-state index in [4.69, 9.17) is 4.84 Å². The number of oxime groups is 1. The van der Waals surface area contributed by atoms with Gasteiger partial charge in [-0.1, -0.05) is 59.8 Å². The average molecular weight is 318 g/mol. The van der Waals surface area contributed by atoms with Gasteiger partial charge < -0.3 is 9.74 Å². The summed E-state index contributed by atoms with van der Waals surface area (Å²) in [4.78, 5) is 18.7. The molecule has 0 N–H and O–H groups in total. The van der Waals surface area contributed by atoms with E-state index in [9.17, 15) is 4.79 Å². The van der Waals surface area contributed by atoms with E-state index in [1.54, 1.807) is 6.08 Å². The van der Waals surface area contributed by atoms with Crippen molar-refractivity contribution in [2.24, 2.45) is 5.16 Å². The Bertz CT molecular complexity index is 816. The normalized spacial score (nSPS) is 15.7. The topological polar surface area (TPSA) is 41.9 Å². The molecule has 0 radical (unpaired) electrons. The van der Waals surface area contributed by atoms with Crippen molar-refractivity contribution in [3.05, 3.63) is 83.4 Å². The molecule has 4 nitrogen and oxygen atoms in total. The van der Waals surface area contributed by atoms with Crippen molar-refractivity contribution in [1.29, 1.82) is 0 Å². The van der Waals surface area contributed by atoms with Crippen molar-refractivity contribution < 1.29 is 9.63 Å². The van der Waals surface area contributed by atoms with Gasteiger partial charge in [-0.25, -0.2) is 4.79 Å². The summed E-state index contributed by atoms with van der Waals surface area (Å²) in [6, 6.07) is 17.7. The van der Waals surface area contributed by atoms with Gasteiger partial charge in [0, 0.05) is 25.3 Å².